The molecule has 0 aliphatic carbocycles. The summed E-state index contributed by atoms with van der Waals surface area (Å²) in [5.41, 5.74) is 1.20. The number of guanidine groups is 1. The van der Waals surface area contributed by atoms with Crippen LogP contribution in [0.3, 0.4) is 0 Å². The smallest absolute Gasteiger partial charge is 0.210 e. The van der Waals surface area contributed by atoms with Crippen LogP contribution in [0, 0.1) is 11.5 Å². The Morgan fingerprint density at radius 3 is 3.00 bits per heavy atom. The van der Waals surface area contributed by atoms with Crippen molar-refractivity contribution in [2.24, 2.45) is 4.99 Å². The number of hydrogen-bond donors (Lipinski definition) is 2. The van der Waals surface area contributed by atoms with Gasteiger partial charge in [-0.2, -0.15) is 5.26 Å². The van der Waals surface area contributed by atoms with Crippen molar-refractivity contribution >= 4 is 11.7 Å². The van der Waals surface area contributed by atoms with E-state index >= 15 is 0 Å². The van der Waals surface area contributed by atoms with Crippen LogP contribution >= 0.6 is 0 Å². The minimum atomic E-state index is -0.519. The number of carbonyl (C=O) groups excluding carboxylic acids is 1. The van der Waals surface area contributed by atoms with Crippen molar-refractivity contribution in [1.29, 1.82) is 5.26 Å². The van der Waals surface area contributed by atoms with Crippen LogP contribution in [0.2, 0.25) is 0 Å². The summed E-state index contributed by atoms with van der Waals surface area (Å²) in [6, 6.07) is 2.96. The zero-order chi connectivity index (χ0) is 13.1. The second-order valence-corrected chi connectivity index (χ2v) is 3.85. The van der Waals surface area contributed by atoms with Gasteiger partial charge < -0.3 is 9.73 Å². The zero-order valence-corrected chi connectivity index (χ0v) is 10.0. The van der Waals surface area contributed by atoms with Gasteiger partial charge in [0.05, 0.1) is 6.26 Å². The van der Waals surface area contributed by atoms with E-state index in [1.54, 1.807) is 25.2 Å². The first-order valence-corrected chi connectivity index (χ1v) is 5.38. The highest BCUT2D eigenvalue weighted by molar-refractivity contribution is 5.98. The van der Waals surface area contributed by atoms with Crippen molar-refractivity contribution in [1.82, 2.24) is 10.6 Å². The van der Waals surface area contributed by atoms with Crippen LogP contribution in [-0.2, 0) is 4.79 Å². The highest BCUT2D eigenvalue weighted by Crippen LogP contribution is 2.30. The van der Waals surface area contributed by atoms with E-state index in [-0.39, 0.29) is 5.78 Å². The molecule has 2 N–H and O–H groups in total. The molecule has 0 unspecified atom stereocenters. The predicted molar refractivity (Wildman–Crippen MR) is 64.1 cm³/mol. The molecular weight excluding hydrogens is 232 g/mol. The monoisotopic (exact) mass is 244 g/mol. The Morgan fingerprint density at radius 1 is 1.67 bits per heavy atom. The van der Waals surface area contributed by atoms with Crippen LogP contribution in [0.4, 0.5) is 0 Å². The third-order valence-electron chi connectivity index (χ3n) is 2.61. The number of nitrogens with one attached hydrogen (secondary N) is 2. The average Bonchev–Trinajstić information content (AvgIpc) is 2.81. The summed E-state index contributed by atoms with van der Waals surface area (Å²) in [6.07, 6.45) is 3.31. The van der Waals surface area contributed by atoms with Gasteiger partial charge in [0.15, 0.2) is 12.0 Å². The van der Waals surface area contributed by atoms with Gasteiger partial charge in [0, 0.05) is 11.3 Å². The molecule has 1 aromatic heterocycles. The molecular formula is C12H12N4O2. The van der Waals surface area contributed by atoms with Gasteiger partial charge in [-0.3, -0.25) is 10.1 Å². The van der Waals surface area contributed by atoms with E-state index in [0.717, 1.165) is 0 Å². The van der Waals surface area contributed by atoms with Crippen molar-refractivity contribution in [2.45, 2.75) is 19.9 Å². The van der Waals surface area contributed by atoms with E-state index in [0.29, 0.717) is 23.0 Å². The van der Waals surface area contributed by atoms with Crippen LogP contribution in [-0.4, -0.2) is 11.7 Å². The lowest BCUT2D eigenvalue weighted by Gasteiger charge is -2.23. The number of nitrogens with zero attached hydrogens (tertiary/aromatic N) is 2. The Morgan fingerprint density at radius 2 is 2.44 bits per heavy atom. The lowest BCUT2D eigenvalue weighted by molar-refractivity contribution is -0.114. The molecule has 1 atom stereocenters. The maximum Gasteiger partial charge on any atom is 0.210 e. The molecule has 0 spiro atoms. The van der Waals surface area contributed by atoms with Crippen molar-refractivity contribution in [3.63, 3.8) is 0 Å². The first-order chi connectivity index (χ1) is 8.63. The number of hydrogen-bond acceptors (Lipinski definition) is 6. The number of nitriles is 1. The largest absolute Gasteiger partial charge is 0.467 e. The summed E-state index contributed by atoms with van der Waals surface area (Å²) in [4.78, 5) is 16.0. The second kappa shape index (κ2) is 4.75. The summed E-state index contributed by atoms with van der Waals surface area (Å²) in [6.45, 7) is 3.25. The van der Waals surface area contributed by atoms with E-state index in [2.05, 4.69) is 15.6 Å². The molecule has 2 heterocycles. The minimum absolute atomic E-state index is 0.0823. The Balaban J connectivity index is 2.44. The van der Waals surface area contributed by atoms with E-state index in [4.69, 9.17) is 9.68 Å². The molecule has 0 saturated carbocycles. The van der Waals surface area contributed by atoms with Gasteiger partial charge in [0.2, 0.25) is 5.96 Å². The summed E-state index contributed by atoms with van der Waals surface area (Å²) in [5, 5.41) is 13.9. The Hall–Kier alpha value is -2.55. The van der Waals surface area contributed by atoms with Crippen molar-refractivity contribution in [2.75, 3.05) is 0 Å². The fourth-order valence-corrected chi connectivity index (χ4v) is 1.90. The lowest BCUT2D eigenvalue weighted by atomic mass is 9.98. The SMILES string of the molecule is CC(=O)C1=C(C)NC(NC#N)=N[C@@H]1c1ccco1. The number of rotatable bonds is 2. The second-order valence-electron chi connectivity index (χ2n) is 3.85. The van der Waals surface area contributed by atoms with Gasteiger partial charge >= 0.3 is 0 Å². The highest BCUT2D eigenvalue weighted by Gasteiger charge is 2.28. The number of Topliss-reactive ketones (excluding diaryl/α,β-unsaturated/α-hetero) is 1. The molecule has 2 rings (SSSR count). The quantitative estimate of drug-likeness (QED) is 0.603. The lowest BCUT2D eigenvalue weighted by Crippen LogP contribution is -2.38. The topological polar surface area (TPSA) is 90.4 Å². The van der Waals surface area contributed by atoms with Crippen LogP contribution in [0.15, 0.2) is 39.1 Å². The van der Waals surface area contributed by atoms with E-state index < -0.39 is 6.04 Å². The fourth-order valence-electron chi connectivity index (χ4n) is 1.90. The number of aliphatic imine (C=N–C) groups is 1. The molecule has 6 heteroatoms. The van der Waals surface area contributed by atoms with Crippen molar-refractivity contribution < 1.29 is 9.21 Å². The minimum Gasteiger partial charge on any atom is -0.467 e. The summed E-state index contributed by atoms with van der Waals surface area (Å²) < 4.78 is 5.30. The molecule has 1 aliphatic heterocycles. The molecule has 0 bridgehead atoms. The number of allylic oxidation sites excluding steroid dienone is 1. The molecule has 0 aromatic carbocycles. The van der Waals surface area contributed by atoms with Gasteiger partial charge in [-0.05, 0) is 26.0 Å². The van der Waals surface area contributed by atoms with E-state index in [1.165, 1.54) is 13.2 Å². The average molecular weight is 244 g/mol. The fraction of sp³-hybridized carbons (Fsp3) is 0.250. The van der Waals surface area contributed by atoms with Gasteiger partial charge in [0.25, 0.3) is 0 Å². The Labute approximate surface area is 104 Å². The first-order valence-electron chi connectivity index (χ1n) is 5.38. The van der Waals surface area contributed by atoms with E-state index in [1.807, 2.05) is 0 Å². The number of furan rings is 1. The molecule has 1 aromatic rings. The third-order valence-corrected chi connectivity index (χ3v) is 2.61. The van der Waals surface area contributed by atoms with Gasteiger partial charge in [0.1, 0.15) is 11.8 Å². The van der Waals surface area contributed by atoms with Crippen molar-refractivity contribution in [3.8, 4) is 6.19 Å². The number of ketones is 1. The van der Waals surface area contributed by atoms with Gasteiger partial charge in [-0.25, -0.2) is 4.99 Å². The Kier molecular flexibility index (Phi) is 3.15. The Bertz CT molecular complexity index is 563. The first kappa shape index (κ1) is 11.9. The summed E-state index contributed by atoms with van der Waals surface area (Å²) in [7, 11) is 0. The normalized spacial score (nSPS) is 18.7. The molecule has 18 heavy (non-hydrogen) atoms. The number of carbonyl (C=O) groups is 1. The molecule has 0 amide bonds. The predicted octanol–water partition coefficient (Wildman–Crippen LogP) is 1.21. The molecule has 6 nitrogen and oxygen atoms in total. The molecule has 0 fully saturated rings. The maximum absolute atomic E-state index is 11.7. The zero-order valence-electron chi connectivity index (χ0n) is 10.0. The molecule has 1 aliphatic rings. The van der Waals surface area contributed by atoms with Crippen LogP contribution in [0.1, 0.15) is 25.6 Å². The summed E-state index contributed by atoms with van der Waals surface area (Å²) >= 11 is 0. The van der Waals surface area contributed by atoms with Gasteiger partial charge in [-0.15, -0.1) is 0 Å². The van der Waals surface area contributed by atoms with Crippen LogP contribution < -0.4 is 10.6 Å². The third kappa shape index (κ3) is 2.11. The van der Waals surface area contributed by atoms with Crippen molar-refractivity contribution in [3.05, 3.63) is 35.4 Å². The van der Waals surface area contributed by atoms with E-state index in [9.17, 15) is 4.79 Å². The summed E-state index contributed by atoms with van der Waals surface area (Å²) in [5.74, 6) is 0.792. The standard InChI is InChI=1S/C12H12N4O2/c1-7-10(8(2)17)11(9-4-3-5-18-9)16-12(15-7)14-6-13/h3-5,11H,1-2H3,(H2,14,15,16)/t11-/m1/s1. The van der Waals surface area contributed by atoms with Gasteiger partial charge in [-0.1, -0.05) is 0 Å². The molecule has 0 saturated heterocycles. The van der Waals surface area contributed by atoms with Crippen LogP contribution in [0.5, 0.6) is 0 Å². The molecule has 0 radical (unpaired) electrons. The van der Waals surface area contributed by atoms with Crippen LogP contribution in [0.25, 0.3) is 0 Å². The highest BCUT2D eigenvalue weighted by atomic mass is 16.3. The maximum atomic E-state index is 11.7. The molecule has 92 valence electrons.